The van der Waals surface area contributed by atoms with Crippen LogP contribution in [0.2, 0.25) is 0 Å². The van der Waals surface area contributed by atoms with Crippen LogP contribution in [0.4, 0.5) is 4.39 Å². The SMILES string of the molecule is C#Cc1ccc(CC2CC(c3ccc(F)cc3)CC2C2CCCC(N)C2)cc1. The number of rotatable bonds is 4. The molecule has 28 heavy (non-hydrogen) atoms. The van der Waals surface area contributed by atoms with Crippen molar-refractivity contribution in [3.63, 3.8) is 0 Å². The van der Waals surface area contributed by atoms with E-state index in [0.29, 0.717) is 23.8 Å². The Labute approximate surface area is 168 Å². The van der Waals surface area contributed by atoms with Crippen LogP contribution in [0, 0.1) is 35.9 Å². The van der Waals surface area contributed by atoms with E-state index < -0.39 is 0 Å². The summed E-state index contributed by atoms with van der Waals surface area (Å²) in [6, 6.07) is 16.0. The molecule has 2 aromatic rings. The molecule has 0 aromatic heterocycles. The molecule has 1 nitrogen and oxygen atoms in total. The minimum Gasteiger partial charge on any atom is -0.328 e. The Morgan fingerprint density at radius 3 is 2.39 bits per heavy atom. The first kappa shape index (κ1) is 19.2. The third kappa shape index (κ3) is 4.31. The molecule has 2 heteroatoms. The van der Waals surface area contributed by atoms with Crippen LogP contribution in [0.5, 0.6) is 0 Å². The number of halogens is 1. The summed E-state index contributed by atoms with van der Waals surface area (Å²) in [5.74, 6) is 5.16. The molecule has 0 bridgehead atoms. The predicted molar refractivity (Wildman–Crippen MR) is 113 cm³/mol. The summed E-state index contributed by atoms with van der Waals surface area (Å²) in [5.41, 5.74) is 9.92. The normalized spacial score (nSPS) is 30.1. The molecule has 0 heterocycles. The number of terminal acetylenes is 1. The molecule has 0 spiro atoms. The quantitative estimate of drug-likeness (QED) is 0.684. The Morgan fingerprint density at radius 2 is 1.71 bits per heavy atom. The van der Waals surface area contributed by atoms with Crippen LogP contribution >= 0.6 is 0 Å². The lowest BCUT2D eigenvalue weighted by molar-refractivity contribution is 0.187. The zero-order valence-corrected chi connectivity index (χ0v) is 16.5. The maximum absolute atomic E-state index is 13.4. The summed E-state index contributed by atoms with van der Waals surface area (Å²) >= 11 is 0. The fourth-order valence-corrected chi connectivity index (χ4v) is 5.67. The summed E-state index contributed by atoms with van der Waals surface area (Å²) in [4.78, 5) is 0. The van der Waals surface area contributed by atoms with Gasteiger partial charge in [-0.05, 0) is 91.2 Å². The molecule has 5 unspecified atom stereocenters. The van der Waals surface area contributed by atoms with Gasteiger partial charge in [-0.3, -0.25) is 0 Å². The lowest BCUT2D eigenvalue weighted by Gasteiger charge is -2.34. The number of hydrogen-bond acceptors (Lipinski definition) is 1. The van der Waals surface area contributed by atoms with Crippen molar-refractivity contribution in [2.45, 2.75) is 56.9 Å². The van der Waals surface area contributed by atoms with Crippen molar-refractivity contribution in [2.75, 3.05) is 0 Å². The van der Waals surface area contributed by atoms with Gasteiger partial charge in [0.1, 0.15) is 5.82 Å². The highest BCUT2D eigenvalue weighted by Crippen LogP contribution is 2.50. The number of nitrogens with two attached hydrogens (primary N) is 1. The molecule has 2 N–H and O–H groups in total. The first-order chi connectivity index (χ1) is 13.6. The van der Waals surface area contributed by atoms with Crippen LogP contribution < -0.4 is 5.73 Å². The second kappa shape index (κ2) is 8.50. The van der Waals surface area contributed by atoms with E-state index in [1.165, 1.54) is 43.2 Å². The minimum atomic E-state index is -0.151. The van der Waals surface area contributed by atoms with E-state index in [1.807, 2.05) is 24.3 Å². The second-order valence-electron chi connectivity index (χ2n) is 8.88. The van der Waals surface area contributed by atoms with Crippen LogP contribution in [0.3, 0.4) is 0 Å². The third-order valence-corrected chi connectivity index (χ3v) is 7.07. The van der Waals surface area contributed by atoms with Gasteiger partial charge in [-0.25, -0.2) is 4.39 Å². The summed E-state index contributed by atoms with van der Waals surface area (Å²) in [6.07, 6.45) is 13.9. The highest BCUT2D eigenvalue weighted by atomic mass is 19.1. The van der Waals surface area contributed by atoms with Crippen LogP contribution in [0.1, 0.15) is 61.1 Å². The molecular weight excluding hydrogens is 345 g/mol. The summed E-state index contributed by atoms with van der Waals surface area (Å²) in [5, 5.41) is 0. The maximum Gasteiger partial charge on any atom is 0.123 e. The van der Waals surface area contributed by atoms with E-state index >= 15 is 0 Å². The Morgan fingerprint density at radius 1 is 0.964 bits per heavy atom. The van der Waals surface area contributed by atoms with Gasteiger partial charge in [-0.2, -0.15) is 0 Å². The number of benzene rings is 2. The Kier molecular flexibility index (Phi) is 5.83. The smallest absolute Gasteiger partial charge is 0.123 e. The maximum atomic E-state index is 13.4. The molecule has 146 valence electrons. The van der Waals surface area contributed by atoms with Gasteiger partial charge in [0.15, 0.2) is 0 Å². The first-order valence-electron chi connectivity index (χ1n) is 10.7. The molecule has 0 amide bonds. The minimum absolute atomic E-state index is 0.151. The average Bonchev–Trinajstić information content (AvgIpc) is 3.13. The third-order valence-electron chi connectivity index (χ3n) is 7.07. The van der Waals surface area contributed by atoms with Gasteiger partial charge in [-0.15, -0.1) is 6.42 Å². The summed E-state index contributed by atoms with van der Waals surface area (Å²) < 4.78 is 13.4. The van der Waals surface area contributed by atoms with E-state index in [0.717, 1.165) is 24.3 Å². The van der Waals surface area contributed by atoms with E-state index in [2.05, 4.69) is 18.1 Å². The standard InChI is InChI=1S/C26H30FN/c1-2-18-6-8-19(9-7-18)14-23-15-22(20-10-12-24(27)13-11-20)17-26(23)21-4-3-5-25(28)16-21/h1,6-13,21-23,25-26H,3-5,14-17,28H2. The second-order valence-corrected chi connectivity index (χ2v) is 8.88. The molecule has 2 aliphatic carbocycles. The van der Waals surface area contributed by atoms with Crippen molar-refractivity contribution < 1.29 is 4.39 Å². The van der Waals surface area contributed by atoms with E-state index in [9.17, 15) is 4.39 Å². The van der Waals surface area contributed by atoms with E-state index in [4.69, 9.17) is 12.2 Å². The van der Waals surface area contributed by atoms with Crippen LogP contribution in [-0.2, 0) is 6.42 Å². The van der Waals surface area contributed by atoms with Gasteiger partial charge in [0.05, 0.1) is 0 Å². The van der Waals surface area contributed by atoms with Crippen molar-refractivity contribution in [1.29, 1.82) is 0 Å². The Balaban J connectivity index is 1.54. The zero-order valence-electron chi connectivity index (χ0n) is 16.5. The lowest BCUT2D eigenvalue weighted by Crippen LogP contribution is -2.33. The van der Waals surface area contributed by atoms with Gasteiger partial charge >= 0.3 is 0 Å². The fraction of sp³-hybridized carbons (Fsp3) is 0.462. The average molecular weight is 376 g/mol. The zero-order chi connectivity index (χ0) is 19.5. The molecule has 0 saturated heterocycles. The summed E-state index contributed by atoms with van der Waals surface area (Å²) in [6.45, 7) is 0. The van der Waals surface area contributed by atoms with Crippen molar-refractivity contribution in [3.05, 3.63) is 71.0 Å². The monoisotopic (exact) mass is 375 g/mol. The molecule has 4 rings (SSSR count). The lowest BCUT2D eigenvalue weighted by atomic mass is 9.72. The van der Waals surface area contributed by atoms with E-state index in [-0.39, 0.29) is 5.82 Å². The topological polar surface area (TPSA) is 26.0 Å². The molecule has 2 fully saturated rings. The highest BCUT2D eigenvalue weighted by Gasteiger charge is 2.40. The predicted octanol–water partition coefficient (Wildman–Crippen LogP) is 5.68. The molecular formula is C26H30FN. The van der Waals surface area contributed by atoms with Gasteiger partial charge in [0.25, 0.3) is 0 Å². The molecule has 5 atom stereocenters. The molecule has 2 saturated carbocycles. The van der Waals surface area contributed by atoms with Crippen molar-refractivity contribution in [3.8, 4) is 12.3 Å². The molecule has 0 aliphatic heterocycles. The van der Waals surface area contributed by atoms with Crippen LogP contribution in [0.15, 0.2) is 48.5 Å². The van der Waals surface area contributed by atoms with Gasteiger partial charge in [0, 0.05) is 11.6 Å². The van der Waals surface area contributed by atoms with Crippen LogP contribution in [-0.4, -0.2) is 6.04 Å². The van der Waals surface area contributed by atoms with Gasteiger partial charge < -0.3 is 5.73 Å². The van der Waals surface area contributed by atoms with Crippen molar-refractivity contribution >= 4 is 0 Å². The van der Waals surface area contributed by atoms with Crippen LogP contribution in [0.25, 0.3) is 0 Å². The van der Waals surface area contributed by atoms with Gasteiger partial charge in [0.2, 0.25) is 0 Å². The summed E-state index contributed by atoms with van der Waals surface area (Å²) in [7, 11) is 0. The fourth-order valence-electron chi connectivity index (χ4n) is 5.67. The molecule has 2 aromatic carbocycles. The van der Waals surface area contributed by atoms with E-state index in [1.54, 1.807) is 12.1 Å². The highest BCUT2D eigenvalue weighted by molar-refractivity contribution is 5.34. The molecule has 2 aliphatic rings. The first-order valence-corrected chi connectivity index (χ1v) is 10.7. The largest absolute Gasteiger partial charge is 0.328 e. The molecule has 0 radical (unpaired) electrons. The van der Waals surface area contributed by atoms with Gasteiger partial charge in [-0.1, -0.05) is 43.0 Å². The Hall–Kier alpha value is -2.11. The van der Waals surface area contributed by atoms with Crippen molar-refractivity contribution in [2.24, 2.45) is 23.5 Å². The van der Waals surface area contributed by atoms with Crippen molar-refractivity contribution in [1.82, 2.24) is 0 Å². The number of hydrogen-bond donors (Lipinski definition) is 1. The Bertz CT molecular complexity index is 817.